The highest BCUT2D eigenvalue weighted by atomic mass is 35.5. The molecular weight excluding hydrogens is 270 g/mol. The Balaban J connectivity index is 3.00. The summed E-state index contributed by atoms with van der Waals surface area (Å²) in [5, 5.41) is -0.520. The largest absolute Gasteiger partial charge is 0.491 e. The second-order valence-electron chi connectivity index (χ2n) is 2.67. The van der Waals surface area contributed by atoms with Crippen molar-refractivity contribution in [2.24, 2.45) is 0 Å². The number of nitrogen functional groups attached to an aromatic ring is 1. The van der Waals surface area contributed by atoms with E-state index in [0.717, 1.165) is 6.07 Å². The van der Waals surface area contributed by atoms with Gasteiger partial charge in [0.2, 0.25) is 0 Å². The Kier molecular flexibility index (Phi) is 3.54. The number of hydrogen-bond donors (Lipinski definition) is 1. The van der Waals surface area contributed by atoms with E-state index in [4.69, 9.17) is 28.9 Å². The SMILES string of the molecule is Nc1ccc(OC(=O)C(F)(F)F)c(Cl)c1Cl. The average molecular weight is 274 g/mol. The van der Waals surface area contributed by atoms with Crippen molar-refractivity contribution in [1.82, 2.24) is 0 Å². The molecule has 1 rings (SSSR count). The minimum Gasteiger partial charge on any atom is -0.418 e. The summed E-state index contributed by atoms with van der Waals surface area (Å²) in [6.07, 6.45) is -5.10. The summed E-state index contributed by atoms with van der Waals surface area (Å²) in [5.41, 5.74) is 5.40. The van der Waals surface area contributed by atoms with Gasteiger partial charge in [-0.05, 0) is 12.1 Å². The van der Waals surface area contributed by atoms with Gasteiger partial charge in [0.05, 0.1) is 10.7 Å². The number of nitrogens with two attached hydrogens (primary N) is 1. The number of anilines is 1. The normalized spacial score (nSPS) is 11.3. The zero-order valence-corrected chi connectivity index (χ0v) is 8.95. The van der Waals surface area contributed by atoms with Gasteiger partial charge in [0, 0.05) is 0 Å². The molecule has 0 aliphatic heterocycles. The number of ether oxygens (including phenoxy) is 1. The highest BCUT2D eigenvalue weighted by Crippen LogP contribution is 2.36. The molecule has 0 bridgehead atoms. The first-order valence-electron chi connectivity index (χ1n) is 3.76. The first-order valence-corrected chi connectivity index (χ1v) is 4.51. The van der Waals surface area contributed by atoms with Crippen molar-refractivity contribution >= 4 is 34.9 Å². The molecule has 0 unspecified atom stereocenters. The highest BCUT2D eigenvalue weighted by molar-refractivity contribution is 6.44. The van der Waals surface area contributed by atoms with Crippen molar-refractivity contribution in [3.05, 3.63) is 22.2 Å². The predicted molar refractivity (Wildman–Crippen MR) is 52.6 cm³/mol. The fourth-order valence-electron chi connectivity index (χ4n) is 0.783. The molecular formula is C8H4Cl2F3NO2. The van der Waals surface area contributed by atoms with Crippen molar-refractivity contribution in [3.8, 4) is 5.75 Å². The van der Waals surface area contributed by atoms with Gasteiger partial charge in [-0.2, -0.15) is 13.2 Å². The van der Waals surface area contributed by atoms with E-state index >= 15 is 0 Å². The topological polar surface area (TPSA) is 52.3 Å². The van der Waals surface area contributed by atoms with E-state index in [1.165, 1.54) is 6.07 Å². The maximum absolute atomic E-state index is 11.9. The molecule has 8 heteroatoms. The van der Waals surface area contributed by atoms with E-state index in [9.17, 15) is 18.0 Å². The van der Waals surface area contributed by atoms with Gasteiger partial charge in [-0.15, -0.1) is 0 Å². The van der Waals surface area contributed by atoms with Crippen LogP contribution in [0.3, 0.4) is 0 Å². The molecule has 0 heterocycles. The molecule has 3 nitrogen and oxygen atoms in total. The third-order valence-electron chi connectivity index (χ3n) is 1.51. The van der Waals surface area contributed by atoms with Gasteiger partial charge in [0.15, 0.2) is 5.75 Å². The minimum atomic E-state index is -5.10. The lowest BCUT2D eigenvalue weighted by molar-refractivity contribution is -0.189. The number of carbonyl (C=O) groups excluding carboxylic acids is 1. The van der Waals surface area contributed by atoms with Crippen molar-refractivity contribution in [2.45, 2.75) is 6.18 Å². The van der Waals surface area contributed by atoms with Crippen LogP contribution in [-0.4, -0.2) is 12.1 Å². The van der Waals surface area contributed by atoms with Crippen LogP contribution in [0.15, 0.2) is 12.1 Å². The molecule has 0 saturated heterocycles. The second-order valence-corrected chi connectivity index (χ2v) is 3.42. The lowest BCUT2D eigenvalue weighted by atomic mass is 10.3. The summed E-state index contributed by atoms with van der Waals surface area (Å²) >= 11 is 11.1. The van der Waals surface area contributed by atoms with Gasteiger partial charge < -0.3 is 10.5 Å². The van der Waals surface area contributed by atoms with E-state index in [-0.39, 0.29) is 15.7 Å². The van der Waals surface area contributed by atoms with Crippen LogP contribution in [0.4, 0.5) is 18.9 Å². The molecule has 0 saturated carbocycles. The molecule has 2 N–H and O–H groups in total. The van der Waals surface area contributed by atoms with Gasteiger partial charge in [-0.3, -0.25) is 0 Å². The van der Waals surface area contributed by atoms with Crippen molar-refractivity contribution in [1.29, 1.82) is 0 Å². The lowest BCUT2D eigenvalue weighted by Crippen LogP contribution is -2.28. The number of alkyl halides is 3. The summed E-state index contributed by atoms with van der Waals surface area (Å²) in [5.74, 6) is -2.88. The third-order valence-corrected chi connectivity index (χ3v) is 2.39. The number of rotatable bonds is 1. The summed E-state index contributed by atoms with van der Waals surface area (Å²) in [6.45, 7) is 0. The smallest absolute Gasteiger partial charge is 0.418 e. The number of hydrogen-bond acceptors (Lipinski definition) is 3. The molecule has 0 aromatic heterocycles. The Hall–Kier alpha value is -1.14. The van der Waals surface area contributed by atoms with Crippen LogP contribution in [-0.2, 0) is 4.79 Å². The Morgan fingerprint density at radius 1 is 1.25 bits per heavy atom. The monoisotopic (exact) mass is 273 g/mol. The molecule has 0 fully saturated rings. The number of halogens is 5. The Bertz CT molecular complexity index is 434. The molecule has 0 spiro atoms. The molecule has 0 aliphatic carbocycles. The molecule has 0 atom stereocenters. The predicted octanol–water partition coefficient (Wildman–Crippen LogP) is 3.04. The zero-order valence-electron chi connectivity index (χ0n) is 7.44. The van der Waals surface area contributed by atoms with Gasteiger partial charge >= 0.3 is 12.1 Å². The van der Waals surface area contributed by atoms with E-state index in [0.29, 0.717) is 0 Å². The average Bonchev–Trinajstić information content (AvgIpc) is 2.17. The molecule has 1 aromatic carbocycles. The molecule has 1 aromatic rings. The number of benzene rings is 1. The van der Waals surface area contributed by atoms with Crippen LogP contribution in [0.2, 0.25) is 10.0 Å². The first-order chi connectivity index (χ1) is 7.23. The first kappa shape index (κ1) is 12.9. The second kappa shape index (κ2) is 4.39. The maximum atomic E-state index is 11.9. The van der Waals surface area contributed by atoms with Crippen LogP contribution in [0.1, 0.15) is 0 Å². The summed E-state index contributed by atoms with van der Waals surface area (Å²) in [6, 6.07) is 2.19. The van der Waals surface area contributed by atoms with Crippen LogP contribution < -0.4 is 10.5 Å². The van der Waals surface area contributed by atoms with E-state index < -0.39 is 17.9 Å². The van der Waals surface area contributed by atoms with E-state index in [2.05, 4.69) is 4.74 Å². The van der Waals surface area contributed by atoms with Gasteiger partial charge in [0.25, 0.3) is 0 Å². The quantitative estimate of drug-likeness (QED) is 0.486. The maximum Gasteiger partial charge on any atom is 0.491 e. The van der Waals surface area contributed by atoms with Crippen molar-refractivity contribution < 1.29 is 22.7 Å². The molecule has 88 valence electrons. The van der Waals surface area contributed by atoms with Crippen molar-refractivity contribution in [2.75, 3.05) is 5.73 Å². The van der Waals surface area contributed by atoms with E-state index in [1.807, 2.05) is 0 Å². The summed E-state index contributed by atoms with van der Waals surface area (Å²) < 4.78 is 39.6. The van der Waals surface area contributed by atoms with Crippen LogP contribution >= 0.6 is 23.2 Å². The van der Waals surface area contributed by atoms with Crippen LogP contribution in [0.5, 0.6) is 5.75 Å². The van der Waals surface area contributed by atoms with Gasteiger partial charge in [0.1, 0.15) is 5.02 Å². The summed E-state index contributed by atoms with van der Waals surface area (Å²) in [7, 11) is 0. The third kappa shape index (κ3) is 2.70. The van der Waals surface area contributed by atoms with Gasteiger partial charge in [-0.25, -0.2) is 4.79 Å². The fraction of sp³-hybridized carbons (Fsp3) is 0.125. The van der Waals surface area contributed by atoms with Crippen molar-refractivity contribution in [3.63, 3.8) is 0 Å². The standard InChI is InChI=1S/C8H4Cl2F3NO2/c9-5-3(14)1-2-4(6(5)10)16-7(15)8(11,12)13/h1-2H,14H2. The van der Waals surface area contributed by atoms with Gasteiger partial charge in [-0.1, -0.05) is 23.2 Å². The molecule has 0 radical (unpaired) electrons. The van der Waals surface area contributed by atoms with Crippen LogP contribution in [0, 0.1) is 0 Å². The number of carbonyl (C=O) groups is 1. The number of esters is 1. The summed E-state index contributed by atoms with van der Waals surface area (Å²) in [4.78, 5) is 10.5. The fourth-order valence-corrected chi connectivity index (χ4v) is 1.15. The zero-order chi connectivity index (χ0) is 12.5. The molecule has 16 heavy (non-hydrogen) atoms. The molecule has 0 amide bonds. The van der Waals surface area contributed by atoms with Crippen LogP contribution in [0.25, 0.3) is 0 Å². The Morgan fingerprint density at radius 3 is 2.31 bits per heavy atom. The Morgan fingerprint density at radius 2 is 1.81 bits per heavy atom. The Labute approximate surface area is 97.9 Å². The highest BCUT2D eigenvalue weighted by Gasteiger charge is 2.41. The van der Waals surface area contributed by atoms with E-state index in [1.54, 1.807) is 0 Å². The lowest BCUT2D eigenvalue weighted by Gasteiger charge is -2.09. The minimum absolute atomic E-state index is 0.0680. The molecule has 0 aliphatic rings.